The van der Waals surface area contributed by atoms with Crippen molar-refractivity contribution in [2.75, 3.05) is 5.32 Å². The molecule has 0 spiro atoms. The van der Waals surface area contributed by atoms with Crippen molar-refractivity contribution in [2.45, 2.75) is 32.9 Å². The van der Waals surface area contributed by atoms with Gasteiger partial charge in [0.2, 0.25) is 11.7 Å². The van der Waals surface area contributed by atoms with Gasteiger partial charge in [-0.05, 0) is 30.0 Å². The number of benzene rings is 1. The molecule has 3 aromatic heterocycles. The second kappa shape index (κ2) is 7.82. The summed E-state index contributed by atoms with van der Waals surface area (Å²) in [5, 5.41) is 8.20. The first kappa shape index (κ1) is 20.0. The van der Waals surface area contributed by atoms with Gasteiger partial charge in [-0.3, -0.25) is 14.2 Å². The molecule has 0 saturated carbocycles. The van der Waals surface area contributed by atoms with Crippen molar-refractivity contribution in [3.8, 4) is 0 Å². The van der Waals surface area contributed by atoms with Crippen LogP contribution in [0, 0.1) is 11.6 Å². The first-order valence-electron chi connectivity index (χ1n) is 9.25. The van der Waals surface area contributed by atoms with E-state index in [9.17, 15) is 23.2 Å². The van der Waals surface area contributed by atoms with Crippen LogP contribution < -0.4 is 16.6 Å². The maximum atomic E-state index is 13.8. The molecule has 30 heavy (non-hydrogen) atoms. The van der Waals surface area contributed by atoms with Gasteiger partial charge in [0.05, 0.1) is 11.2 Å². The van der Waals surface area contributed by atoms with Gasteiger partial charge >= 0.3 is 5.69 Å². The van der Waals surface area contributed by atoms with E-state index in [-0.39, 0.29) is 17.0 Å². The van der Waals surface area contributed by atoms with Crippen molar-refractivity contribution in [1.82, 2.24) is 18.7 Å². The van der Waals surface area contributed by atoms with Gasteiger partial charge in [-0.15, -0.1) is 16.4 Å². The van der Waals surface area contributed by atoms with E-state index in [1.807, 2.05) is 6.92 Å². The standard InChI is InChI=1S/C19H17F2N5O3S/c1-2-3-7-24-17(28)16-14(6-8-30-16)26-18(24)23-25(19(26)29)10-15(27)22-13-5-4-11(20)9-12(13)21/h4-6,8-9H,2-3,7,10H2,1H3,(H,22,27). The summed E-state index contributed by atoms with van der Waals surface area (Å²) in [6, 6.07) is 4.40. The molecule has 1 N–H and O–H groups in total. The van der Waals surface area contributed by atoms with Gasteiger partial charge in [-0.25, -0.2) is 22.7 Å². The fourth-order valence-corrected chi connectivity index (χ4v) is 4.00. The van der Waals surface area contributed by atoms with Crippen molar-refractivity contribution >= 4 is 38.9 Å². The van der Waals surface area contributed by atoms with Crippen LogP contribution >= 0.6 is 11.3 Å². The highest BCUT2D eigenvalue weighted by atomic mass is 32.1. The number of thiophene rings is 1. The Morgan fingerprint density at radius 2 is 2.03 bits per heavy atom. The Balaban J connectivity index is 1.75. The number of amides is 1. The number of halogens is 2. The number of nitrogens with one attached hydrogen (secondary N) is 1. The number of hydrogen-bond acceptors (Lipinski definition) is 5. The zero-order valence-electron chi connectivity index (χ0n) is 15.9. The fourth-order valence-electron chi connectivity index (χ4n) is 3.17. The van der Waals surface area contributed by atoms with Crippen LogP contribution in [-0.4, -0.2) is 24.7 Å². The van der Waals surface area contributed by atoms with Gasteiger partial charge in [0.15, 0.2) is 0 Å². The maximum Gasteiger partial charge on any atom is 0.352 e. The molecule has 4 rings (SSSR count). The SMILES string of the molecule is CCCCn1c(=O)c2sccc2n2c(=O)n(CC(=O)Nc3ccc(F)cc3F)nc12. The number of carbonyl (C=O) groups is 1. The molecule has 0 unspecified atom stereocenters. The van der Waals surface area contributed by atoms with E-state index in [0.29, 0.717) is 22.8 Å². The van der Waals surface area contributed by atoms with Crippen LogP contribution in [0.4, 0.5) is 14.5 Å². The van der Waals surface area contributed by atoms with Crippen LogP contribution in [0.2, 0.25) is 0 Å². The summed E-state index contributed by atoms with van der Waals surface area (Å²) in [7, 11) is 0. The summed E-state index contributed by atoms with van der Waals surface area (Å²) in [5.41, 5.74) is -0.614. The van der Waals surface area contributed by atoms with Gasteiger partial charge in [-0.2, -0.15) is 0 Å². The molecule has 11 heteroatoms. The second-order valence-electron chi connectivity index (χ2n) is 6.69. The fraction of sp³-hybridized carbons (Fsp3) is 0.263. The van der Waals surface area contributed by atoms with E-state index in [1.54, 1.807) is 11.4 Å². The molecule has 0 bridgehead atoms. The molecule has 4 aromatic rings. The van der Waals surface area contributed by atoms with Crippen LogP contribution in [0.1, 0.15) is 19.8 Å². The molecule has 0 aliphatic rings. The molecule has 0 atom stereocenters. The third-order valence-electron chi connectivity index (χ3n) is 4.62. The van der Waals surface area contributed by atoms with Crippen molar-refractivity contribution in [3.05, 3.63) is 62.1 Å². The Morgan fingerprint density at radius 3 is 2.77 bits per heavy atom. The first-order valence-corrected chi connectivity index (χ1v) is 10.1. The molecule has 0 aliphatic heterocycles. The largest absolute Gasteiger partial charge is 0.352 e. The minimum absolute atomic E-state index is 0.144. The predicted octanol–water partition coefficient (Wildman–Crippen LogP) is 2.59. The summed E-state index contributed by atoms with van der Waals surface area (Å²) >= 11 is 1.23. The number of hydrogen-bond donors (Lipinski definition) is 1. The molecule has 0 aliphatic carbocycles. The Morgan fingerprint density at radius 1 is 1.23 bits per heavy atom. The van der Waals surface area contributed by atoms with Gasteiger partial charge in [-0.1, -0.05) is 13.3 Å². The zero-order chi connectivity index (χ0) is 21.4. The molecule has 0 fully saturated rings. The number of aryl methyl sites for hydroxylation is 1. The number of anilines is 1. The average Bonchev–Trinajstić information content (AvgIpc) is 3.30. The first-order chi connectivity index (χ1) is 14.4. The summed E-state index contributed by atoms with van der Waals surface area (Å²) in [4.78, 5) is 38.1. The van der Waals surface area contributed by atoms with E-state index in [1.165, 1.54) is 20.3 Å². The number of aromatic nitrogens is 4. The summed E-state index contributed by atoms with van der Waals surface area (Å²) in [6.07, 6.45) is 1.56. The van der Waals surface area contributed by atoms with Crippen LogP contribution in [0.15, 0.2) is 39.2 Å². The average molecular weight is 433 g/mol. The monoisotopic (exact) mass is 433 g/mol. The Hall–Kier alpha value is -3.34. The third-order valence-corrected chi connectivity index (χ3v) is 5.51. The highest BCUT2D eigenvalue weighted by Crippen LogP contribution is 2.18. The van der Waals surface area contributed by atoms with Gasteiger partial charge in [0.25, 0.3) is 5.56 Å². The minimum atomic E-state index is -0.931. The lowest BCUT2D eigenvalue weighted by atomic mass is 10.3. The molecular formula is C19H17F2N5O3S. The zero-order valence-corrected chi connectivity index (χ0v) is 16.7. The lowest BCUT2D eigenvalue weighted by Gasteiger charge is -2.06. The van der Waals surface area contributed by atoms with E-state index in [4.69, 9.17) is 0 Å². The number of carbonyl (C=O) groups excluding carboxylic acids is 1. The quantitative estimate of drug-likeness (QED) is 0.506. The van der Waals surface area contributed by atoms with Gasteiger partial charge in [0.1, 0.15) is 22.9 Å². The van der Waals surface area contributed by atoms with E-state index in [0.717, 1.165) is 29.7 Å². The lowest BCUT2D eigenvalue weighted by molar-refractivity contribution is -0.117. The van der Waals surface area contributed by atoms with E-state index >= 15 is 0 Å². The second-order valence-corrected chi connectivity index (χ2v) is 7.61. The molecule has 156 valence electrons. The summed E-state index contributed by atoms with van der Waals surface area (Å²) in [6.45, 7) is 1.87. The third kappa shape index (κ3) is 3.41. The lowest BCUT2D eigenvalue weighted by Crippen LogP contribution is -2.29. The molecule has 0 radical (unpaired) electrons. The molecular weight excluding hydrogens is 416 g/mol. The van der Waals surface area contributed by atoms with Crippen molar-refractivity contribution in [3.63, 3.8) is 0 Å². The minimum Gasteiger partial charge on any atom is -0.322 e. The predicted molar refractivity (Wildman–Crippen MR) is 109 cm³/mol. The maximum absolute atomic E-state index is 13.8. The van der Waals surface area contributed by atoms with Crippen molar-refractivity contribution in [2.24, 2.45) is 0 Å². The summed E-state index contributed by atoms with van der Waals surface area (Å²) < 4.78 is 30.9. The Labute approximate surface area is 172 Å². The summed E-state index contributed by atoms with van der Waals surface area (Å²) in [5.74, 6) is -2.27. The van der Waals surface area contributed by atoms with Crippen LogP contribution in [0.5, 0.6) is 0 Å². The number of rotatable bonds is 6. The molecule has 0 saturated heterocycles. The number of unbranched alkanes of at least 4 members (excludes halogenated alkanes) is 1. The van der Waals surface area contributed by atoms with Crippen LogP contribution in [0.25, 0.3) is 16.0 Å². The molecule has 3 heterocycles. The van der Waals surface area contributed by atoms with Crippen molar-refractivity contribution in [1.29, 1.82) is 0 Å². The van der Waals surface area contributed by atoms with Gasteiger partial charge < -0.3 is 5.32 Å². The molecule has 1 amide bonds. The smallest absolute Gasteiger partial charge is 0.322 e. The number of nitrogens with zero attached hydrogens (tertiary/aromatic N) is 4. The van der Waals surface area contributed by atoms with Crippen LogP contribution in [0.3, 0.4) is 0 Å². The molecule has 8 nitrogen and oxygen atoms in total. The van der Waals surface area contributed by atoms with Crippen molar-refractivity contribution < 1.29 is 13.6 Å². The van der Waals surface area contributed by atoms with Gasteiger partial charge in [0, 0.05) is 12.6 Å². The highest BCUT2D eigenvalue weighted by Gasteiger charge is 2.19. The van der Waals surface area contributed by atoms with E-state index < -0.39 is 29.8 Å². The normalized spacial score (nSPS) is 11.4. The Bertz CT molecular complexity index is 1380. The topological polar surface area (TPSA) is 90.4 Å². The highest BCUT2D eigenvalue weighted by molar-refractivity contribution is 7.17. The molecule has 1 aromatic carbocycles. The number of fused-ring (bicyclic) bond motifs is 3. The van der Waals surface area contributed by atoms with E-state index in [2.05, 4.69) is 10.4 Å². The Kier molecular flexibility index (Phi) is 5.20. The van der Waals surface area contributed by atoms with Crippen LogP contribution in [-0.2, 0) is 17.9 Å².